The van der Waals surface area contributed by atoms with Crippen LogP contribution in [0.25, 0.3) is 0 Å². The minimum Gasteiger partial charge on any atom is -0.550 e. The Morgan fingerprint density at radius 3 is 2.28 bits per heavy atom. The summed E-state index contributed by atoms with van der Waals surface area (Å²) in [5.74, 6) is -1.84. The Labute approximate surface area is 147 Å². The third-order valence-electron chi connectivity index (χ3n) is 4.09. The van der Waals surface area contributed by atoms with Crippen LogP contribution in [0.5, 0.6) is 5.75 Å². The van der Waals surface area contributed by atoms with E-state index in [4.69, 9.17) is 4.74 Å². The average Bonchev–Trinajstić information content (AvgIpc) is 2.61. The summed E-state index contributed by atoms with van der Waals surface area (Å²) in [5.41, 5.74) is 1.51. The summed E-state index contributed by atoms with van der Waals surface area (Å²) in [6.45, 7) is 4.31. The lowest BCUT2D eigenvalue weighted by Gasteiger charge is -2.24. The number of hydrogen-bond acceptors (Lipinski definition) is 4. The number of carboxylic acids is 1. The zero-order chi connectivity index (χ0) is 18.2. The van der Waals surface area contributed by atoms with Crippen molar-refractivity contribution in [1.82, 2.24) is 0 Å². The predicted octanol–water partition coefficient (Wildman–Crippen LogP) is 2.58. The average molecular weight is 340 g/mol. The molecule has 25 heavy (non-hydrogen) atoms. The normalized spacial score (nSPS) is 12.9. The van der Waals surface area contributed by atoms with Crippen LogP contribution in [0.3, 0.4) is 0 Å². The molecule has 0 aliphatic rings. The van der Waals surface area contributed by atoms with Crippen molar-refractivity contribution in [3.8, 4) is 5.75 Å². The lowest BCUT2D eigenvalue weighted by molar-refractivity contribution is -0.306. The van der Waals surface area contributed by atoms with E-state index in [1.165, 1.54) is 0 Å². The highest BCUT2D eigenvalue weighted by Crippen LogP contribution is 2.28. The molecule has 0 unspecified atom stereocenters. The third kappa shape index (κ3) is 5.35. The van der Waals surface area contributed by atoms with E-state index in [2.05, 4.69) is 5.32 Å². The number of carbonyl (C=O) groups excluding carboxylic acids is 2. The highest BCUT2D eigenvalue weighted by atomic mass is 16.5. The lowest BCUT2D eigenvalue weighted by atomic mass is 9.84. The van der Waals surface area contributed by atoms with Crippen LogP contribution >= 0.6 is 0 Å². The van der Waals surface area contributed by atoms with Crippen LogP contribution < -0.4 is 15.2 Å². The van der Waals surface area contributed by atoms with Crippen LogP contribution in [0.15, 0.2) is 54.6 Å². The van der Waals surface area contributed by atoms with Gasteiger partial charge in [0.2, 0.25) is 5.91 Å². The molecular weight excluding hydrogens is 318 g/mol. The summed E-state index contributed by atoms with van der Waals surface area (Å²) in [6.07, 6.45) is -0.334. The van der Waals surface area contributed by atoms with Gasteiger partial charge in [-0.05, 0) is 49.1 Å². The Bertz CT molecular complexity index is 697. The van der Waals surface area contributed by atoms with Crippen molar-refractivity contribution >= 4 is 17.6 Å². The van der Waals surface area contributed by atoms with Gasteiger partial charge in [0, 0.05) is 11.7 Å². The molecule has 132 valence electrons. The minimum atomic E-state index is -1.24. The maximum absolute atomic E-state index is 12.6. The molecule has 5 heteroatoms. The molecule has 5 nitrogen and oxygen atoms in total. The van der Waals surface area contributed by atoms with Crippen molar-refractivity contribution in [2.24, 2.45) is 5.92 Å². The molecular formula is C20H22NO4-. The Morgan fingerprint density at radius 1 is 1.08 bits per heavy atom. The summed E-state index contributed by atoms with van der Waals surface area (Å²) >= 11 is 0. The summed E-state index contributed by atoms with van der Waals surface area (Å²) in [4.78, 5) is 23.8. The van der Waals surface area contributed by atoms with Crippen molar-refractivity contribution in [3.63, 3.8) is 0 Å². The molecule has 2 aromatic carbocycles. The summed E-state index contributed by atoms with van der Waals surface area (Å²) in [7, 11) is 0. The van der Waals surface area contributed by atoms with Crippen molar-refractivity contribution < 1.29 is 19.4 Å². The van der Waals surface area contributed by atoms with Gasteiger partial charge in [0.1, 0.15) is 5.75 Å². The molecule has 0 radical (unpaired) electrons. The van der Waals surface area contributed by atoms with Crippen molar-refractivity contribution in [2.75, 3.05) is 11.9 Å². The Balaban J connectivity index is 2.13. The maximum Gasteiger partial charge on any atom is 0.228 e. The smallest absolute Gasteiger partial charge is 0.228 e. The van der Waals surface area contributed by atoms with Gasteiger partial charge in [-0.25, -0.2) is 0 Å². The highest BCUT2D eigenvalue weighted by molar-refractivity contribution is 5.94. The van der Waals surface area contributed by atoms with Gasteiger partial charge in [0.05, 0.1) is 12.5 Å². The largest absolute Gasteiger partial charge is 0.550 e. The number of carbonyl (C=O) groups is 2. The summed E-state index contributed by atoms with van der Waals surface area (Å²) in [6, 6.07) is 16.4. The number of hydrogen-bond donors (Lipinski definition) is 1. The molecule has 0 saturated carbocycles. The van der Waals surface area contributed by atoms with Gasteiger partial charge in [0.25, 0.3) is 0 Å². The van der Waals surface area contributed by atoms with E-state index in [1.54, 1.807) is 24.3 Å². The molecule has 0 aromatic heterocycles. The quantitative estimate of drug-likeness (QED) is 0.801. The van der Waals surface area contributed by atoms with Crippen LogP contribution in [-0.2, 0) is 9.59 Å². The second-order valence-electron chi connectivity index (χ2n) is 5.83. The fourth-order valence-electron chi connectivity index (χ4n) is 2.70. The van der Waals surface area contributed by atoms with E-state index in [1.807, 2.05) is 44.2 Å². The first-order valence-electron chi connectivity index (χ1n) is 8.29. The Kier molecular flexibility index (Phi) is 6.57. The lowest BCUT2D eigenvalue weighted by Crippen LogP contribution is -2.34. The fraction of sp³-hybridized carbons (Fsp3) is 0.300. The van der Waals surface area contributed by atoms with Crippen LogP contribution in [0, 0.1) is 5.92 Å². The standard InChI is InChI=1S/C20H23NO4/c1-3-25-17-11-9-16(10-12-17)21-20(24)18(13-19(22)23)14(2)15-7-5-4-6-8-15/h4-12,14,18H,3,13H2,1-2H3,(H,21,24)(H,22,23)/p-1/t14-,18-/m0/s1. The molecule has 0 saturated heterocycles. The molecule has 2 rings (SSSR count). The van der Waals surface area contributed by atoms with E-state index in [0.717, 1.165) is 5.56 Å². The second-order valence-corrected chi connectivity index (χ2v) is 5.83. The van der Waals surface area contributed by atoms with Crippen molar-refractivity contribution in [2.45, 2.75) is 26.2 Å². The Morgan fingerprint density at radius 2 is 1.72 bits per heavy atom. The zero-order valence-electron chi connectivity index (χ0n) is 14.4. The van der Waals surface area contributed by atoms with Gasteiger partial charge < -0.3 is 20.0 Å². The van der Waals surface area contributed by atoms with E-state index in [-0.39, 0.29) is 18.2 Å². The number of carboxylic acid groups (broad SMARTS) is 1. The minimum absolute atomic E-state index is 0.248. The van der Waals surface area contributed by atoms with Gasteiger partial charge in [-0.1, -0.05) is 37.3 Å². The van der Waals surface area contributed by atoms with Crippen LogP contribution in [0.1, 0.15) is 31.7 Å². The van der Waals surface area contributed by atoms with E-state index in [0.29, 0.717) is 18.0 Å². The summed E-state index contributed by atoms with van der Waals surface area (Å²) < 4.78 is 5.36. The Hall–Kier alpha value is -2.82. The first-order chi connectivity index (χ1) is 12.0. The topological polar surface area (TPSA) is 78.5 Å². The van der Waals surface area contributed by atoms with Crippen molar-refractivity contribution in [1.29, 1.82) is 0 Å². The van der Waals surface area contributed by atoms with E-state index < -0.39 is 11.9 Å². The molecule has 2 aromatic rings. The summed E-state index contributed by atoms with van der Waals surface area (Å²) in [5, 5.41) is 13.9. The van der Waals surface area contributed by atoms with Crippen LogP contribution in [0.2, 0.25) is 0 Å². The van der Waals surface area contributed by atoms with Gasteiger partial charge in [0.15, 0.2) is 0 Å². The van der Waals surface area contributed by atoms with E-state index in [9.17, 15) is 14.7 Å². The number of rotatable bonds is 8. The third-order valence-corrected chi connectivity index (χ3v) is 4.09. The van der Waals surface area contributed by atoms with Gasteiger partial charge >= 0.3 is 0 Å². The zero-order valence-corrected chi connectivity index (χ0v) is 14.4. The van der Waals surface area contributed by atoms with Gasteiger partial charge in [-0.3, -0.25) is 4.79 Å². The molecule has 1 N–H and O–H groups in total. The number of nitrogens with one attached hydrogen (secondary N) is 1. The second kappa shape index (κ2) is 8.87. The molecule has 0 aliphatic heterocycles. The molecule has 0 bridgehead atoms. The SMILES string of the molecule is CCOc1ccc(NC(=O)[C@@H](CC(=O)[O-])[C@@H](C)c2ccccc2)cc1. The number of anilines is 1. The first kappa shape index (κ1) is 18.5. The van der Waals surface area contributed by atoms with Crippen LogP contribution in [0.4, 0.5) is 5.69 Å². The molecule has 0 spiro atoms. The maximum atomic E-state index is 12.6. The molecule has 2 atom stereocenters. The van der Waals surface area contributed by atoms with Gasteiger partial charge in [-0.15, -0.1) is 0 Å². The fourth-order valence-corrected chi connectivity index (χ4v) is 2.70. The van der Waals surface area contributed by atoms with Gasteiger partial charge in [-0.2, -0.15) is 0 Å². The highest BCUT2D eigenvalue weighted by Gasteiger charge is 2.26. The monoisotopic (exact) mass is 340 g/mol. The number of aliphatic carboxylic acids is 1. The molecule has 1 amide bonds. The van der Waals surface area contributed by atoms with E-state index >= 15 is 0 Å². The molecule has 0 fully saturated rings. The molecule has 0 aliphatic carbocycles. The predicted molar refractivity (Wildman–Crippen MR) is 94.2 cm³/mol. The van der Waals surface area contributed by atoms with Crippen molar-refractivity contribution in [3.05, 3.63) is 60.2 Å². The number of ether oxygens (including phenoxy) is 1. The number of benzene rings is 2. The van der Waals surface area contributed by atoms with Crippen LogP contribution in [-0.4, -0.2) is 18.5 Å². The first-order valence-corrected chi connectivity index (χ1v) is 8.29. The number of amides is 1. The molecule has 0 heterocycles.